The van der Waals surface area contributed by atoms with Crippen LogP contribution in [0.3, 0.4) is 0 Å². The average Bonchev–Trinajstić information content (AvgIpc) is 3.03. The topological polar surface area (TPSA) is 60.0 Å². The molecule has 178 valence electrons. The first-order valence-electron chi connectivity index (χ1n) is 10.7. The summed E-state index contributed by atoms with van der Waals surface area (Å²) in [7, 11) is 0. The fourth-order valence-corrected chi connectivity index (χ4v) is 4.12. The number of carbonyl (C=O) groups excluding carboxylic acids is 1. The van der Waals surface area contributed by atoms with E-state index in [4.69, 9.17) is 25.8 Å². The molecule has 4 rings (SSSR count). The SMILES string of the molecule is O=C(Cc1cc(Cl)c2c(c1)OCCCO2)NCc1ccc(N2CCOCC2)cc1C(F)(F)F. The lowest BCUT2D eigenvalue weighted by atomic mass is 10.0. The van der Waals surface area contributed by atoms with E-state index in [1.165, 1.54) is 6.07 Å². The number of alkyl halides is 3. The van der Waals surface area contributed by atoms with Gasteiger partial charge in [-0.25, -0.2) is 0 Å². The Morgan fingerprint density at radius 2 is 1.82 bits per heavy atom. The summed E-state index contributed by atoms with van der Waals surface area (Å²) in [5.41, 5.74) is 0.318. The molecule has 1 amide bonds. The molecule has 0 unspecified atom stereocenters. The highest BCUT2D eigenvalue weighted by Crippen LogP contribution is 2.38. The zero-order valence-corrected chi connectivity index (χ0v) is 18.6. The number of rotatable bonds is 5. The first-order chi connectivity index (χ1) is 15.8. The van der Waals surface area contributed by atoms with Crippen LogP contribution in [-0.2, 0) is 28.7 Å². The van der Waals surface area contributed by atoms with E-state index in [0.717, 1.165) is 6.07 Å². The molecule has 33 heavy (non-hydrogen) atoms. The van der Waals surface area contributed by atoms with Crippen molar-refractivity contribution in [3.05, 3.63) is 52.0 Å². The molecule has 0 bridgehead atoms. The van der Waals surface area contributed by atoms with Crippen molar-refractivity contribution in [1.29, 1.82) is 0 Å². The Morgan fingerprint density at radius 1 is 1.06 bits per heavy atom. The molecule has 0 atom stereocenters. The van der Waals surface area contributed by atoms with Gasteiger partial charge in [-0.05, 0) is 35.4 Å². The summed E-state index contributed by atoms with van der Waals surface area (Å²) < 4.78 is 57.6. The van der Waals surface area contributed by atoms with E-state index >= 15 is 0 Å². The fourth-order valence-electron chi connectivity index (χ4n) is 3.83. The minimum Gasteiger partial charge on any atom is -0.489 e. The van der Waals surface area contributed by atoms with Crippen LogP contribution in [0.15, 0.2) is 30.3 Å². The van der Waals surface area contributed by atoms with Crippen molar-refractivity contribution >= 4 is 23.2 Å². The predicted octanol–water partition coefficient (Wildman–Crippen LogP) is 4.22. The lowest BCUT2D eigenvalue weighted by molar-refractivity contribution is -0.138. The number of nitrogens with zero attached hydrogens (tertiary/aromatic N) is 1. The standard InChI is InChI=1S/C23H24ClF3N2O4/c24-19-10-15(11-20-22(19)33-7-1-6-32-20)12-21(30)28-14-16-2-3-17(13-18(16)23(25,26)27)29-4-8-31-9-5-29/h2-3,10-11,13H,1,4-9,12,14H2,(H,28,30). The molecule has 2 aromatic rings. The zero-order valence-electron chi connectivity index (χ0n) is 17.8. The maximum absolute atomic E-state index is 13.7. The van der Waals surface area contributed by atoms with E-state index in [9.17, 15) is 18.0 Å². The highest BCUT2D eigenvalue weighted by atomic mass is 35.5. The number of benzene rings is 2. The average molecular weight is 485 g/mol. The van der Waals surface area contributed by atoms with Crippen LogP contribution in [0.5, 0.6) is 11.5 Å². The molecular formula is C23H24ClF3N2O4. The third-order valence-electron chi connectivity index (χ3n) is 5.48. The van der Waals surface area contributed by atoms with Gasteiger partial charge in [0.25, 0.3) is 0 Å². The monoisotopic (exact) mass is 484 g/mol. The largest absolute Gasteiger partial charge is 0.489 e. The molecule has 6 nitrogen and oxygen atoms in total. The number of nitrogens with one attached hydrogen (secondary N) is 1. The summed E-state index contributed by atoms with van der Waals surface area (Å²) in [5.74, 6) is 0.472. The number of amides is 1. The van der Waals surface area contributed by atoms with E-state index in [1.54, 1.807) is 18.2 Å². The molecule has 1 fully saturated rings. The van der Waals surface area contributed by atoms with E-state index in [-0.39, 0.29) is 18.5 Å². The molecule has 2 aliphatic heterocycles. The molecule has 0 spiro atoms. The molecule has 10 heteroatoms. The smallest absolute Gasteiger partial charge is 0.416 e. The summed E-state index contributed by atoms with van der Waals surface area (Å²) in [6.07, 6.45) is -3.87. The van der Waals surface area contributed by atoms with E-state index in [2.05, 4.69) is 5.32 Å². The van der Waals surface area contributed by atoms with E-state index in [1.807, 2.05) is 4.90 Å². The number of carbonyl (C=O) groups is 1. The van der Waals surface area contributed by atoms with Crippen LogP contribution in [-0.4, -0.2) is 45.4 Å². The summed E-state index contributed by atoms with van der Waals surface area (Å²) in [6.45, 7) is 2.73. The minimum atomic E-state index is -4.54. The number of ether oxygens (including phenoxy) is 3. The van der Waals surface area contributed by atoms with Crippen molar-refractivity contribution < 1.29 is 32.2 Å². The van der Waals surface area contributed by atoms with Crippen LogP contribution in [0.4, 0.5) is 18.9 Å². The summed E-state index contributed by atoms with van der Waals surface area (Å²) in [4.78, 5) is 14.3. The maximum Gasteiger partial charge on any atom is 0.416 e. The van der Waals surface area contributed by atoms with Gasteiger partial charge in [0.2, 0.25) is 5.91 Å². The van der Waals surface area contributed by atoms with Gasteiger partial charge in [-0.15, -0.1) is 0 Å². The highest BCUT2D eigenvalue weighted by Gasteiger charge is 2.34. The van der Waals surface area contributed by atoms with Crippen LogP contribution in [0, 0.1) is 0 Å². The van der Waals surface area contributed by atoms with Gasteiger partial charge in [0, 0.05) is 31.7 Å². The van der Waals surface area contributed by atoms with Crippen molar-refractivity contribution in [2.24, 2.45) is 0 Å². The first kappa shape index (κ1) is 23.5. The Hall–Kier alpha value is -2.65. The minimum absolute atomic E-state index is 0.00422. The number of halogens is 4. The van der Waals surface area contributed by atoms with Gasteiger partial charge in [-0.1, -0.05) is 17.7 Å². The number of hydrogen-bond donors (Lipinski definition) is 1. The van der Waals surface area contributed by atoms with Gasteiger partial charge in [-0.2, -0.15) is 13.2 Å². The van der Waals surface area contributed by atoms with Gasteiger partial charge in [0.15, 0.2) is 11.5 Å². The first-order valence-corrected chi connectivity index (χ1v) is 11.1. The number of fused-ring (bicyclic) bond motifs is 1. The van der Waals surface area contributed by atoms with Gasteiger partial charge >= 0.3 is 6.18 Å². The molecular weight excluding hydrogens is 461 g/mol. The molecule has 2 aromatic carbocycles. The molecule has 0 saturated carbocycles. The molecule has 1 N–H and O–H groups in total. The Morgan fingerprint density at radius 3 is 2.58 bits per heavy atom. The third-order valence-corrected chi connectivity index (χ3v) is 5.76. The second kappa shape index (κ2) is 10.1. The molecule has 1 saturated heterocycles. The second-order valence-electron chi connectivity index (χ2n) is 7.85. The lowest BCUT2D eigenvalue weighted by Crippen LogP contribution is -2.36. The van der Waals surface area contributed by atoms with Crippen molar-refractivity contribution in [2.75, 3.05) is 44.4 Å². The van der Waals surface area contributed by atoms with Gasteiger partial charge in [-0.3, -0.25) is 4.79 Å². The van der Waals surface area contributed by atoms with Gasteiger partial charge in [0.1, 0.15) is 0 Å². The maximum atomic E-state index is 13.7. The Labute approximate surface area is 194 Å². The highest BCUT2D eigenvalue weighted by molar-refractivity contribution is 6.32. The van der Waals surface area contributed by atoms with Crippen molar-refractivity contribution in [2.45, 2.75) is 25.6 Å². The van der Waals surface area contributed by atoms with Gasteiger partial charge < -0.3 is 24.4 Å². The Balaban J connectivity index is 1.44. The van der Waals surface area contributed by atoms with Crippen LogP contribution >= 0.6 is 11.6 Å². The van der Waals surface area contributed by atoms with Crippen molar-refractivity contribution in [3.8, 4) is 11.5 Å². The van der Waals surface area contributed by atoms with Crippen molar-refractivity contribution in [3.63, 3.8) is 0 Å². The summed E-state index contributed by atoms with van der Waals surface area (Å²) in [5, 5.41) is 2.91. The van der Waals surface area contributed by atoms with Crippen LogP contribution in [0.25, 0.3) is 0 Å². The zero-order chi connectivity index (χ0) is 23.4. The number of morpholine rings is 1. The molecule has 0 aliphatic carbocycles. The third kappa shape index (κ3) is 5.83. The Kier molecular flexibility index (Phi) is 7.19. The second-order valence-corrected chi connectivity index (χ2v) is 8.25. The van der Waals surface area contributed by atoms with Gasteiger partial charge in [0.05, 0.1) is 43.4 Å². The summed E-state index contributed by atoms with van der Waals surface area (Å²) in [6, 6.07) is 7.47. The molecule has 2 heterocycles. The Bertz CT molecular complexity index is 1010. The number of hydrogen-bond acceptors (Lipinski definition) is 5. The van der Waals surface area contributed by atoms with Crippen LogP contribution in [0.2, 0.25) is 5.02 Å². The normalized spacial score (nSPS) is 16.3. The lowest BCUT2D eigenvalue weighted by Gasteiger charge is -2.29. The predicted molar refractivity (Wildman–Crippen MR) is 117 cm³/mol. The summed E-state index contributed by atoms with van der Waals surface area (Å²) >= 11 is 6.25. The fraction of sp³-hybridized carbons (Fsp3) is 0.435. The molecule has 2 aliphatic rings. The van der Waals surface area contributed by atoms with Crippen LogP contribution in [0.1, 0.15) is 23.1 Å². The molecule has 0 radical (unpaired) electrons. The quantitative estimate of drug-likeness (QED) is 0.689. The van der Waals surface area contributed by atoms with Crippen LogP contribution < -0.4 is 19.7 Å². The number of anilines is 1. The van der Waals surface area contributed by atoms with Crippen molar-refractivity contribution in [1.82, 2.24) is 5.32 Å². The molecule has 0 aromatic heterocycles. The van der Waals surface area contributed by atoms with E-state index < -0.39 is 17.6 Å². The van der Waals surface area contributed by atoms with E-state index in [0.29, 0.717) is 73.7 Å².